The first-order valence-electron chi connectivity index (χ1n) is 5.19. The Hall–Kier alpha value is -0.870. The molecule has 0 saturated carbocycles. The van der Waals surface area contributed by atoms with E-state index in [-0.39, 0.29) is 5.97 Å². The van der Waals surface area contributed by atoms with Crippen LogP contribution >= 0.6 is 11.3 Å². The van der Waals surface area contributed by atoms with E-state index in [9.17, 15) is 4.79 Å². The van der Waals surface area contributed by atoms with Gasteiger partial charge in [-0.15, -0.1) is 11.3 Å². The Bertz CT molecular complexity index is 342. The zero-order valence-corrected chi connectivity index (χ0v) is 9.60. The van der Waals surface area contributed by atoms with Crippen LogP contribution in [0.4, 0.5) is 0 Å². The molecule has 0 aliphatic carbocycles. The predicted octanol–water partition coefficient (Wildman–Crippen LogP) is 2.00. The van der Waals surface area contributed by atoms with Gasteiger partial charge in [0.15, 0.2) is 0 Å². The topological polar surface area (TPSA) is 38.3 Å². The minimum absolute atomic E-state index is 0.196. The van der Waals surface area contributed by atoms with Crippen molar-refractivity contribution < 1.29 is 9.53 Å². The molecule has 82 valence electrons. The van der Waals surface area contributed by atoms with Gasteiger partial charge in [0.1, 0.15) is 4.88 Å². The number of nitrogens with one attached hydrogen (secondary N) is 1. The molecule has 1 aromatic rings. The summed E-state index contributed by atoms with van der Waals surface area (Å²) in [4.78, 5) is 12.3. The molecule has 0 bridgehead atoms. The van der Waals surface area contributed by atoms with Crippen molar-refractivity contribution in [2.24, 2.45) is 0 Å². The molecule has 0 aromatic carbocycles. The van der Waals surface area contributed by atoms with Gasteiger partial charge in [0.2, 0.25) is 0 Å². The summed E-state index contributed by atoms with van der Waals surface area (Å²) >= 11 is 1.48. The molecule has 1 aliphatic rings. The third kappa shape index (κ3) is 2.21. The molecule has 0 spiro atoms. The molecule has 1 fully saturated rings. The van der Waals surface area contributed by atoms with E-state index in [1.54, 1.807) is 0 Å². The molecule has 1 saturated heterocycles. The zero-order chi connectivity index (χ0) is 10.7. The van der Waals surface area contributed by atoms with Gasteiger partial charge in [-0.2, -0.15) is 0 Å². The lowest BCUT2D eigenvalue weighted by atomic mass is 9.90. The van der Waals surface area contributed by atoms with Gasteiger partial charge in [0.25, 0.3) is 0 Å². The van der Waals surface area contributed by atoms with Crippen molar-refractivity contribution in [1.82, 2.24) is 5.32 Å². The second-order valence-electron chi connectivity index (χ2n) is 3.72. The third-order valence-electron chi connectivity index (χ3n) is 2.85. The summed E-state index contributed by atoms with van der Waals surface area (Å²) in [6.45, 7) is 2.09. The van der Waals surface area contributed by atoms with E-state index in [2.05, 4.69) is 11.4 Å². The lowest BCUT2D eigenvalue weighted by Crippen LogP contribution is -2.27. The normalized spacial score (nSPS) is 17.7. The summed E-state index contributed by atoms with van der Waals surface area (Å²) in [5, 5.41) is 5.30. The van der Waals surface area contributed by atoms with Crippen LogP contribution in [0.15, 0.2) is 11.4 Å². The van der Waals surface area contributed by atoms with Crippen LogP contribution in [0.3, 0.4) is 0 Å². The van der Waals surface area contributed by atoms with Crippen LogP contribution in [0.1, 0.15) is 34.0 Å². The Morgan fingerprint density at radius 1 is 1.53 bits per heavy atom. The quantitative estimate of drug-likeness (QED) is 0.782. The standard InChI is InChI=1S/C11H15NO2S/c1-14-11(13)10-9(4-7-15-10)8-2-5-12-6-3-8/h4,7-8,12H,2-3,5-6H2,1H3. The molecule has 2 heterocycles. The highest BCUT2D eigenvalue weighted by Gasteiger charge is 2.22. The van der Waals surface area contributed by atoms with Gasteiger partial charge >= 0.3 is 5.97 Å². The van der Waals surface area contributed by atoms with Crippen molar-refractivity contribution in [3.63, 3.8) is 0 Å². The van der Waals surface area contributed by atoms with Gasteiger partial charge in [-0.25, -0.2) is 4.79 Å². The van der Waals surface area contributed by atoms with Crippen LogP contribution in [0.25, 0.3) is 0 Å². The number of hydrogen-bond donors (Lipinski definition) is 1. The number of rotatable bonds is 2. The van der Waals surface area contributed by atoms with Crippen LogP contribution in [-0.2, 0) is 4.74 Å². The van der Waals surface area contributed by atoms with Gasteiger partial charge in [0, 0.05) is 0 Å². The number of carbonyl (C=O) groups excluding carboxylic acids is 1. The number of methoxy groups -OCH3 is 1. The molecule has 4 heteroatoms. The lowest BCUT2D eigenvalue weighted by Gasteiger charge is -2.22. The minimum Gasteiger partial charge on any atom is -0.465 e. The van der Waals surface area contributed by atoms with E-state index in [1.165, 1.54) is 24.0 Å². The van der Waals surface area contributed by atoms with E-state index >= 15 is 0 Å². The Morgan fingerprint density at radius 3 is 2.93 bits per heavy atom. The van der Waals surface area contributed by atoms with Crippen LogP contribution in [-0.4, -0.2) is 26.2 Å². The zero-order valence-electron chi connectivity index (χ0n) is 8.79. The van der Waals surface area contributed by atoms with Crippen LogP contribution in [0.2, 0.25) is 0 Å². The van der Waals surface area contributed by atoms with Crippen molar-refractivity contribution in [1.29, 1.82) is 0 Å². The third-order valence-corrected chi connectivity index (χ3v) is 3.76. The summed E-state index contributed by atoms with van der Waals surface area (Å²) in [5.74, 6) is 0.324. The lowest BCUT2D eigenvalue weighted by molar-refractivity contribution is 0.0604. The number of esters is 1. The van der Waals surface area contributed by atoms with Gasteiger partial charge in [-0.05, 0) is 48.9 Å². The molecule has 2 rings (SSSR count). The maximum Gasteiger partial charge on any atom is 0.348 e. The summed E-state index contributed by atoms with van der Waals surface area (Å²) in [6.07, 6.45) is 2.22. The Kier molecular flexibility index (Phi) is 3.38. The highest BCUT2D eigenvalue weighted by Crippen LogP contribution is 2.31. The van der Waals surface area contributed by atoms with E-state index in [0.29, 0.717) is 5.92 Å². The molecular weight excluding hydrogens is 210 g/mol. The first-order chi connectivity index (χ1) is 7.33. The fourth-order valence-electron chi connectivity index (χ4n) is 2.03. The SMILES string of the molecule is COC(=O)c1sccc1C1CCNCC1. The van der Waals surface area contributed by atoms with Gasteiger partial charge in [-0.3, -0.25) is 0 Å². The summed E-state index contributed by atoms with van der Waals surface area (Å²) in [7, 11) is 1.44. The summed E-state index contributed by atoms with van der Waals surface area (Å²) < 4.78 is 4.78. The maximum atomic E-state index is 11.5. The molecule has 3 nitrogen and oxygen atoms in total. The van der Waals surface area contributed by atoms with Crippen molar-refractivity contribution in [2.45, 2.75) is 18.8 Å². The highest BCUT2D eigenvalue weighted by molar-refractivity contribution is 7.12. The molecule has 1 aliphatic heterocycles. The second-order valence-corrected chi connectivity index (χ2v) is 4.64. The Morgan fingerprint density at radius 2 is 2.27 bits per heavy atom. The monoisotopic (exact) mass is 225 g/mol. The predicted molar refractivity (Wildman–Crippen MR) is 60.5 cm³/mol. The van der Waals surface area contributed by atoms with Crippen molar-refractivity contribution in [2.75, 3.05) is 20.2 Å². The maximum absolute atomic E-state index is 11.5. The van der Waals surface area contributed by atoms with Crippen LogP contribution < -0.4 is 5.32 Å². The van der Waals surface area contributed by atoms with E-state index < -0.39 is 0 Å². The minimum atomic E-state index is -0.196. The Labute approximate surface area is 93.4 Å². The number of piperidine rings is 1. The van der Waals surface area contributed by atoms with Crippen LogP contribution in [0, 0.1) is 0 Å². The average molecular weight is 225 g/mol. The van der Waals surface area contributed by atoms with Gasteiger partial charge in [-0.1, -0.05) is 0 Å². The van der Waals surface area contributed by atoms with Crippen molar-refractivity contribution in [3.05, 3.63) is 21.9 Å². The number of hydrogen-bond acceptors (Lipinski definition) is 4. The molecule has 0 amide bonds. The fourth-order valence-corrected chi connectivity index (χ4v) is 2.93. The first-order valence-corrected chi connectivity index (χ1v) is 6.07. The number of ether oxygens (including phenoxy) is 1. The smallest absolute Gasteiger partial charge is 0.348 e. The molecular formula is C11H15NO2S. The molecule has 15 heavy (non-hydrogen) atoms. The van der Waals surface area contributed by atoms with E-state index in [0.717, 1.165) is 30.8 Å². The van der Waals surface area contributed by atoms with E-state index in [4.69, 9.17) is 4.74 Å². The van der Waals surface area contributed by atoms with E-state index in [1.807, 2.05) is 5.38 Å². The highest BCUT2D eigenvalue weighted by atomic mass is 32.1. The van der Waals surface area contributed by atoms with Gasteiger partial charge < -0.3 is 10.1 Å². The summed E-state index contributed by atoms with van der Waals surface area (Å²) in [6, 6.07) is 2.06. The number of carbonyl (C=O) groups is 1. The first kappa shape index (κ1) is 10.6. The van der Waals surface area contributed by atoms with Gasteiger partial charge in [0.05, 0.1) is 7.11 Å². The summed E-state index contributed by atoms with van der Waals surface area (Å²) in [5.41, 5.74) is 1.17. The van der Waals surface area contributed by atoms with Crippen molar-refractivity contribution >= 4 is 17.3 Å². The molecule has 0 atom stereocenters. The second kappa shape index (κ2) is 4.77. The number of thiophene rings is 1. The van der Waals surface area contributed by atoms with Crippen LogP contribution in [0.5, 0.6) is 0 Å². The largest absolute Gasteiger partial charge is 0.465 e. The Balaban J connectivity index is 2.19. The average Bonchev–Trinajstić information content (AvgIpc) is 2.78. The molecule has 1 aromatic heterocycles. The molecule has 0 unspecified atom stereocenters. The molecule has 1 N–H and O–H groups in total. The fraction of sp³-hybridized carbons (Fsp3) is 0.545. The van der Waals surface area contributed by atoms with Crippen molar-refractivity contribution in [3.8, 4) is 0 Å². The molecule has 0 radical (unpaired) electrons.